The van der Waals surface area contributed by atoms with Gasteiger partial charge < -0.3 is 10.6 Å². The standard InChI is InChI=1S/C24H26N4O3S/c1-15-8-9-17-18(13-25)21(32-19(17)12-15)26-20(29)14-28-22(30)24(2,27-23(28)31)11-10-16-6-4-3-5-7-16/h3-7,15H,8-12,14H2,1-2H3,(H,26,29)(H,27,31)/t15-,24-/m1/s1. The monoisotopic (exact) mass is 450 g/mol. The van der Waals surface area contributed by atoms with Crippen LogP contribution in [0.1, 0.15) is 48.3 Å². The smallest absolute Gasteiger partial charge is 0.323 e. The van der Waals surface area contributed by atoms with Crippen LogP contribution in [0.4, 0.5) is 9.80 Å². The summed E-state index contributed by atoms with van der Waals surface area (Å²) in [5, 5.41) is 15.6. The number of nitrogens with zero attached hydrogens (tertiary/aromatic N) is 2. The van der Waals surface area contributed by atoms with E-state index < -0.39 is 23.4 Å². The highest BCUT2D eigenvalue weighted by atomic mass is 32.1. The Kier molecular flexibility index (Phi) is 6.02. The first-order valence-corrected chi connectivity index (χ1v) is 11.6. The SMILES string of the molecule is C[C@@H]1CCc2c(sc(NC(=O)CN3C(=O)N[C@](C)(CCc4ccccc4)C3=O)c2C#N)C1. The van der Waals surface area contributed by atoms with E-state index in [1.807, 2.05) is 30.3 Å². The van der Waals surface area contributed by atoms with E-state index in [9.17, 15) is 19.6 Å². The Morgan fingerprint density at radius 1 is 1.34 bits per heavy atom. The number of fused-ring (bicyclic) bond motifs is 1. The summed E-state index contributed by atoms with van der Waals surface area (Å²) >= 11 is 1.43. The van der Waals surface area contributed by atoms with E-state index in [1.54, 1.807) is 6.92 Å². The van der Waals surface area contributed by atoms with Crippen LogP contribution < -0.4 is 10.6 Å². The first kappa shape index (κ1) is 22.0. The van der Waals surface area contributed by atoms with E-state index in [-0.39, 0.29) is 6.54 Å². The van der Waals surface area contributed by atoms with Gasteiger partial charge in [0.25, 0.3) is 5.91 Å². The minimum Gasteiger partial charge on any atom is -0.323 e. The van der Waals surface area contributed by atoms with Gasteiger partial charge in [0.2, 0.25) is 5.91 Å². The van der Waals surface area contributed by atoms with Crippen LogP contribution in [0, 0.1) is 17.2 Å². The number of hydrogen-bond acceptors (Lipinski definition) is 5. The number of thiophene rings is 1. The molecule has 1 aromatic heterocycles. The summed E-state index contributed by atoms with van der Waals surface area (Å²) < 4.78 is 0. The molecule has 7 nitrogen and oxygen atoms in total. The molecule has 8 heteroatoms. The van der Waals surface area contributed by atoms with Crippen molar-refractivity contribution < 1.29 is 14.4 Å². The maximum absolute atomic E-state index is 13.0. The second kappa shape index (κ2) is 8.75. The number of aryl methyl sites for hydroxylation is 1. The number of urea groups is 1. The molecule has 0 radical (unpaired) electrons. The lowest BCUT2D eigenvalue weighted by molar-refractivity contribution is -0.133. The molecule has 1 aliphatic carbocycles. The van der Waals surface area contributed by atoms with Crippen molar-refractivity contribution in [2.75, 3.05) is 11.9 Å². The molecule has 2 N–H and O–H groups in total. The van der Waals surface area contributed by atoms with Crippen molar-refractivity contribution in [1.29, 1.82) is 5.26 Å². The van der Waals surface area contributed by atoms with Crippen molar-refractivity contribution in [3.05, 3.63) is 51.9 Å². The zero-order valence-electron chi connectivity index (χ0n) is 18.2. The number of hydrogen-bond donors (Lipinski definition) is 2. The van der Waals surface area contributed by atoms with Crippen LogP contribution in [0.2, 0.25) is 0 Å². The van der Waals surface area contributed by atoms with Gasteiger partial charge in [0, 0.05) is 4.88 Å². The molecule has 166 valence electrons. The number of carbonyl (C=O) groups is 3. The lowest BCUT2D eigenvalue weighted by Gasteiger charge is -2.21. The van der Waals surface area contributed by atoms with Gasteiger partial charge in [-0.1, -0.05) is 37.3 Å². The number of carbonyl (C=O) groups excluding carboxylic acids is 3. The number of nitriles is 1. The third-order valence-electron chi connectivity index (χ3n) is 6.28. The zero-order chi connectivity index (χ0) is 22.9. The molecule has 2 aliphatic rings. The van der Waals surface area contributed by atoms with Crippen LogP contribution in [0.5, 0.6) is 0 Å². The molecule has 0 bridgehead atoms. The average molecular weight is 451 g/mol. The minimum atomic E-state index is -1.05. The van der Waals surface area contributed by atoms with Crippen LogP contribution in [0.3, 0.4) is 0 Å². The first-order valence-electron chi connectivity index (χ1n) is 10.8. The Bertz CT molecular complexity index is 1100. The molecule has 2 heterocycles. The lowest BCUT2D eigenvalue weighted by Crippen LogP contribution is -2.45. The molecule has 1 aromatic carbocycles. The highest BCUT2D eigenvalue weighted by Crippen LogP contribution is 2.39. The van der Waals surface area contributed by atoms with E-state index in [4.69, 9.17) is 0 Å². The third-order valence-corrected chi connectivity index (χ3v) is 7.45. The van der Waals surface area contributed by atoms with Gasteiger partial charge in [0.1, 0.15) is 23.2 Å². The van der Waals surface area contributed by atoms with Gasteiger partial charge in [-0.25, -0.2) is 4.79 Å². The van der Waals surface area contributed by atoms with Crippen molar-refractivity contribution in [3.63, 3.8) is 0 Å². The normalized spacial score (nSPS) is 22.3. The highest BCUT2D eigenvalue weighted by molar-refractivity contribution is 7.16. The van der Waals surface area contributed by atoms with Crippen molar-refractivity contribution in [2.45, 2.75) is 51.5 Å². The Labute approximate surface area is 191 Å². The molecule has 4 rings (SSSR count). The largest absolute Gasteiger partial charge is 0.325 e. The summed E-state index contributed by atoms with van der Waals surface area (Å²) in [4.78, 5) is 40.3. The molecule has 0 unspecified atom stereocenters. The van der Waals surface area contributed by atoms with E-state index >= 15 is 0 Å². The number of rotatable bonds is 6. The van der Waals surface area contributed by atoms with Crippen LogP contribution in [-0.2, 0) is 28.9 Å². The summed E-state index contributed by atoms with van der Waals surface area (Å²) in [6, 6.07) is 11.4. The Morgan fingerprint density at radius 3 is 2.81 bits per heavy atom. The predicted molar refractivity (Wildman–Crippen MR) is 122 cm³/mol. The molecular weight excluding hydrogens is 424 g/mol. The minimum absolute atomic E-state index is 0.380. The fourth-order valence-electron chi connectivity index (χ4n) is 4.37. The molecule has 4 amide bonds. The number of benzene rings is 1. The van der Waals surface area contributed by atoms with Gasteiger partial charge in [-0.15, -0.1) is 11.3 Å². The van der Waals surface area contributed by atoms with Crippen molar-refractivity contribution >= 4 is 34.2 Å². The van der Waals surface area contributed by atoms with E-state index in [2.05, 4.69) is 23.6 Å². The molecule has 32 heavy (non-hydrogen) atoms. The molecule has 2 atom stereocenters. The molecule has 0 spiro atoms. The van der Waals surface area contributed by atoms with Gasteiger partial charge in [-0.05, 0) is 56.1 Å². The van der Waals surface area contributed by atoms with Crippen LogP contribution in [0.15, 0.2) is 30.3 Å². The van der Waals surface area contributed by atoms with Gasteiger partial charge >= 0.3 is 6.03 Å². The topological polar surface area (TPSA) is 102 Å². The second-order valence-electron chi connectivity index (χ2n) is 8.86. The van der Waals surface area contributed by atoms with Crippen LogP contribution in [-0.4, -0.2) is 34.8 Å². The van der Waals surface area contributed by atoms with Gasteiger partial charge in [0.05, 0.1) is 5.56 Å². The number of imide groups is 1. The average Bonchev–Trinajstić information content (AvgIpc) is 3.21. The molecule has 1 aliphatic heterocycles. The molecule has 2 aromatic rings. The van der Waals surface area contributed by atoms with Gasteiger partial charge in [-0.3, -0.25) is 14.5 Å². The summed E-state index contributed by atoms with van der Waals surface area (Å²) in [6.07, 6.45) is 3.83. The van der Waals surface area contributed by atoms with Crippen molar-refractivity contribution in [3.8, 4) is 6.07 Å². The fourth-order valence-corrected chi connectivity index (χ4v) is 5.74. The second-order valence-corrected chi connectivity index (χ2v) is 9.96. The van der Waals surface area contributed by atoms with E-state index in [0.29, 0.717) is 29.3 Å². The first-order chi connectivity index (χ1) is 15.3. The maximum Gasteiger partial charge on any atom is 0.325 e. The molecular formula is C24H26N4O3S. The van der Waals surface area contributed by atoms with Crippen LogP contribution >= 0.6 is 11.3 Å². The zero-order valence-corrected chi connectivity index (χ0v) is 19.1. The van der Waals surface area contributed by atoms with E-state index in [0.717, 1.165) is 40.2 Å². The Balaban J connectivity index is 1.42. The highest BCUT2D eigenvalue weighted by Gasteiger charge is 2.47. The number of anilines is 1. The van der Waals surface area contributed by atoms with Gasteiger partial charge in [0.15, 0.2) is 0 Å². The molecule has 1 fully saturated rings. The van der Waals surface area contributed by atoms with E-state index in [1.165, 1.54) is 11.3 Å². The van der Waals surface area contributed by atoms with Crippen LogP contribution in [0.25, 0.3) is 0 Å². The molecule has 1 saturated heterocycles. The third kappa shape index (κ3) is 4.26. The summed E-state index contributed by atoms with van der Waals surface area (Å²) in [5.74, 6) is -0.340. The Hall–Kier alpha value is -3.18. The summed E-state index contributed by atoms with van der Waals surface area (Å²) in [6.45, 7) is 3.49. The lowest BCUT2D eigenvalue weighted by atomic mass is 9.89. The summed E-state index contributed by atoms with van der Waals surface area (Å²) in [7, 11) is 0. The van der Waals surface area contributed by atoms with Gasteiger partial charge in [-0.2, -0.15) is 5.26 Å². The number of nitrogens with one attached hydrogen (secondary N) is 2. The van der Waals surface area contributed by atoms with Crippen molar-refractivity contribution in [1.82, 2.24) is 10.2 Å². The fraction of sp³-hybridized carbons (Fsp3) is 0.417. The maximum atomic E-state index is 13.0. The molecule has 0 saturated carbocycles. The van der Waals surface area contributed by atoms with Crippen molar-refractivity contribution in [2.24, 2.45) is 5.92 Å². The predicted octanol–water partition coefficient (Wildman–Crippen LogP) is 3.63. The Morgan fingerprint density at radius 2 is 2.09 bits per heavy atom. The quantitative estimate of drug-likeness (QED) is 0.656. The summed E-state index contributed by atoms with van der Waals surface area (Å²) in [5.41, 5.74) is 1.56. The number of amides is 4.